The van der Waals surface area contributed by atoms with E-state index in [1.807, 2.05) is 48.5 Å². The zero-order valence-electron chi connectivity index (χ0n) is 20.0. The van der Waals surface area contributed by atoms with Crippen molar-refractivity contribution in [1.82, 2.24) is 10.9 Å². The summed E-state index contributed by atoms with van der Waals surface area (Å²) in [7, 11) is 0. The van der Waals surface area contributed by atoms with Gasteiger partial charge in [0.1, 0.15) is 11.5 Å². The second-order valence-electron chi connectivity index (χ2n) is 8.49. The highest BCUT2D eigenvalue weighted by molar-refractivity contribution is 5.99. The summed E-state index contributed by atoms with van der Waals surface area (Å²) in [6.07, 6.45) is 2.74. The maximum Gasteiger partial charge on any atom is 0.271 e. The molecule has 8 nitrogen and oxygen atoms in total. The van der Waals surface area contributed by atoms with Crippen molar-refractivity contribution in [3.63, 3.8) is 0 Å². The van der Waals surface area contributed by atoms with E-state index in [1.54, 1.807) is 24.3 Å². The Morgan fingerprint density at radius 3 is 1.26 bits per heavy atom. The van der Waals surface area contributed by atoms with E-state index in [2.05, 4.69) is 21.1 Å². The molecule has 186 valence electrons. The number of fused-ring (bicyclic) bond motifs is 2. The average Bonchev–Trinajstić information content (AvgIpc) is 2.93. The normalized spacial score (nSPS) is 11.4. The summed E-state index contributed by atoms with van der Waals surface area (Å²) in [4.78, 5) is 24.9. The summed E-state index contributed by atoms with van der Waals surface area (Å²) < 4.78 is 0. The minimum absolute atomic E-state index is 0.0514. The number of phenols is 2. The highest BCUT2D eigenvalue weighted by atomic mass is 16.3. The van der Waals surface area contributed by atoms with Gasteiger partial charge in [-0.25, -0.2) is 10.9 Å². The lowest BCUT2D eigenvalue weighted by Gasteiger charge is -2.05. The molecule has 0 fully saturated rings. The van der Waals surface area contributed by atoms with Crippen LogP contribution in [0.2, 0.25) is 0 Å². The predicted molar refractivity (Wildman–Crippen MR) is 148 cm³/mol. The van der Waals surface area contributed by atoms with Gasteiger partial charge in [-0.15, -0.1) is 0 Å². The minimum Gasteiger partial charge on any atom is -0.507 e. The Hall–Kier alpha value is -5.50. The Balaban J connectivity index is 1.19. The summed E-state index contributed by atoms with van der Waals surface area (Å²) in [6, 6.07) is 28.0. The molecule has 0 aromatic heterocycles. The smallest absolute Gasteiger partial charge is 0.271 e. The van der Waals surface area contributed by atoms with E-state index in [0.717, 1.165) is 21.5 Å². The molecular weight excluding hydrogens is 480 g/mol. The number of hydrogen-bond acceptors (Lipinski definition) is 6. The van der Waals surface area contributed by atoms with Gasteiger partial charge in [0, 0.05) is 22.3 Å². The number of benzene rings is 5. The largest absolute Gasteiger partial charge is 0.507 e. The molecule has 8 heteroatoms. The van der Waals surface area contributed by atoms with Crippen molar-refractivity contribution in [2.45, 2.75) is 0 Å². The standard InChI is InChI=1S/C30H22N4O4/c35-27-15-23-7-3-1-5-21(23)13-25(27)17-31-33-29(37)19-9-11-20(12-10-19)30(38)34-32-18-26-14-22-6-2-4-8-24(22)16-28(26)36/h1-18,35-36H,(H,33,37)(H,34,38). The molecule has 38 heavy (non-hydrogen) atoms. The summed E-state index contributed by atoms with van der Waals surface area (Å²) in [6.45, 7) is 0. The van der Waals surface area contributed by atoms with Gasteiger partial charge in [-0.05, 0) is 70.1 Å². The monoisotopic (exact) mass is 502 g/mol. The summed E-state index contributed by atoms with van der Waals surface area (Å²) >= 11 is 0. The van der Waals surface area contributed by atoms with E-state index in [0.29, 0.717) is 22.3 Å². The van der Waals surface area contributed by atoms with Crippen LogP contribution >= 0.6 is 0 Å². The third-order valence-electron chi connectivity index (χ3n) is 5.94. The van der Waals surface area contributed by atoms with Gasteiger partial charge in [-0.1, -0.05) is 48.5 Å². The van der Waals surface area contributed by atoms with Gasteiger partial charge in [0.25, 0.3) is 11.8 Å². The van der Waals surface area contributed by atoms with Crippen LogP contribution in [0.1, 0.15) is 31.8 Å². The van der Waals surface area contributed by atoms with E-state index in [9.17, 15) is 19.8 Å². The van der Waals surface area contributed by atoms with E-state index >= 15 is 0 Å². The number of nitrogens with one attached hydrogen (secondary N) is 2. The molecule has 0 aliphatic rings. The number of rotatable bonds is 6. The SMILES string of the molecule is O=C(NN=Cc1cc2ccccc2cc1O)c1ccc(C(=O)NN=Cc2cc3ccccc3cc2O)cc1. The van der Waals surface area contributed by atoms with Crippen LogP contribution in [0.25, 0.3) is 21.5 Å². The van der Waals surface area contributed by atoms with Crippen LogP contribution in [0.3, 0.4) is 0 Å². The summed E-state index contributed by atoms with van der Waals surface area (Å²) in [5.41, 5.74) is 6.35. The maximum absolute atomic E-state index is 12.4. The fourth-order valence-electron chi connectivity index (χ4n) is 3.92. The molecule has 0 saturated heterocycles. The molecule has 0 bridgehead atoms. The van der Waals surface area contributed by atoms with Crippen molar-refractivity contribution in [1.29, 1.82) is 0 Å². The molecule has 4 N–H and O–H groups in total. The molecule has 2 amide bonds. The van der Waals surface area contributed by atoms with Crippen LogP contribution in [-0.4, -0.2) is 34.5 Å². The first kappa shape index (κ1) is 24.2. The Morgan fingerprint density at radius 1 is 0.553 bits per heavy atom. The first-order valence-electron chi connectivity index (χ1n) is 11.7. The highest BCUT2D eigenvalue weighted by Crippen LogP contribution is 2.24. The Bertz CT molecular complexity index is 1600. The van der Waals surface area contributed by atoms with Crippen molar-refractivity contribution < 1.29 is 19.8 Å². The van der Waals surface area contributed by atoms with Gasteiger partial charge in [0.05, 0.1) is 12.4 Å². The van der Waals surface area contributed by atoms with Crippen LogP contribution in [0.4, 0.5) is 0 Å². The summed E-state index contributed by atoms with van der Waals surface area (Å²) in [5, 5.41) is 31.9. The van der Waals surface area contributed by atoms with Crippen molar-refractivity contribution in [2.75, 3.05) is 0 Å². The fraction of sp³-hybridized carbons (Fsp3) is 0. The lowest BCUT2D eigenvalue weighted by Crippen LogP contribution is -2.19. The average molecular weight is 503 g/mol. The molecule has 5 aromatic carbocycles. The third-order valence-corrected chi connectivity index (χ3v) is 5.94. The predicted octanol–water partition coefficient (Wildman–Crippen LogP) is 4.93. The van der Waals surface area contributed by atoms with E-state index in [-0.39, 0.29) is 11.5 Å². The second kappa shape index (κ2) is 10.6. The van der Waals surface area contributed by atoms with Crippen molar-refractivity contribution in [3.8, 4) is 11.5 Å². The van der Waals surface area contributed by atoms with Crippen LogP contribution in [0.5, 0.6) is 11.5 Å². The number of aromatic hydroxyl groups is 2. The van der Waals surface area contributed by atoms with Gasteiger partial charge >= 0.3 is 0 Å². The zero-order valence-corrected chi connectivity index (χ0v) is 20.0. The maximum atomic E-state index is 12.4. The molecular formula is C30H22N4O4. The summed E-state index contributed by atoms with van der Waals surface area (Å²) in [5.74, 6) is -0.845. The van der Waals surface area contributed by atoms with Crippen molar-refractivity contribution in [3.05, 3.63) is 119 Å². The molecule has 0 aliphatic carbocycles. The first-order valence-corrected chi connectivity index (χ1v) is 11.7. The number of nitrogens with zero attached hydrogens (tertiary/aromatic N) is 2. The van der Waals surface area contributed by atoms with Crippen LogP contribution in [0.15, 0.2) is 107 Å². The molecule has 5 aromatic rings. The third kappa shape index (κ3) is 5.34. The van der Waals surface area contributed by atoms with Crippen molar-refractivity contribution in [2.24, 2.45) is 10.2 Å². The van der Waals surface area contributed by atoms with Gasteiger partial charge in [-0.2, -0.15) is 10.2 Å². The Labute approximate surface area is 217 Å². The lowest BCUT2D eigenvalue weighted by atomic mass is 10.1. The molecule has 0 aliphatic heterocycles. The second-order valence-corrected chi connectivity index (χ2v) is 8.49. The molecule has 0 atom stereocenters. The Kier molecular flexibility index (Phi) is 6.77. The van der Waals surface area contributed by atoms with Crippen LogP contribution in [0, 0.1) is 0 Å². The van der Waals surface area contributed by atoms with Crippen LogP contribution < -0.4 is 10.9 Å². The highest BCUT2D eigenvalue weighted by Gasteiger charge is 2.09. The van der Waals surface area contributed by atoms with Gasteiger partial charge in [-0.3, -0.25) is 9.59 Å². The van der Waals surface area contributed by atoms with Crippen molar-refractivity contribution >= 4 is 45.8 Å². The van der Waals surface area contributed by atoms with Gasteiger partial charge in [0.2, 0.25) is 0 Å². The molecule has 0 heterocycles. The number of carbonyl (C=O) groups excluding carboxylic acids is 2. The number of hydrogen-bond donors (Lipinski definition) is 4. The van der Waals surface area contributed by atoms with Gasteiger partial charge < -0.3 is 10.2 Å². The fourth-order valence-corrected chi connectivity index (χ4v) is 3.92. The molecule has 0 radical (unpaired) electrons. The molecule has 0 unspecified atom stereocenters. The minimum atomic E-state index is -0.474. The first-order chi connectivity index (χ1) is 18.5. The number of amides is 2. The lowest BCUT2D eigenvalue weighted by molar-refractivity contribution is 0.0943. The zero-order chi connectivity index (χ0) is 26.5. The van der Waals surface area contributed by atoms with Crippen LogP contribution in [-0.2, 0) is 0 Å². The quantitative estimate of drug-likeness (QED) is 0.194. The Morgan fingerprint density at radius 2 is 0.895 bits per heavy atom. The van der Waals surface area contributed by atoms with E-state index < -0.39 is 11.8 Å². The molecule has 5 rings (SSSR count). The van der Waals surface area contributed by atoms with E-state index in [4.69, 9.17) is 0 Å². The number of phenolic OH excluding ortho intramolecular Hbond substituents is 2. The van der Waals surface area contributed by atoms with E-state index in [1.165, 1.54) is 36.7 Å². The van der Waals surface area contributed by atoms with Gasteiger partial charge in [0.15, 0.2) is 0 Å². The number of hydrazone groups is 2. The molecule has 0 spiro atoms. The topological polar surface area (TPSA) is 123 Å². The number of carbonyl (C=O) groups is 2. The molecule has 0 saturated carbocycles.